The molecule has 0 heterocycles. The van der Waals surface area contributed by atoms with E-state index in [1.165, 1.54) is 0 Å². The Bertz CT molecular complexity index is 1290. The van der Waals surface area contributed by atoms with E-state index in [0.29, 0.717) is 30.3 Å². The van der Waals surface area contributed by atoms with E-state index >= 15 is 0 Å². The smallest absolute Gasteiger partial charge is 0.306 e. The Morgan fingerprint density at radius 3 is 1.54 bits per heavy atom. The molecule has 0 saturated heterocycles. The van der Waals surface area contributed by atoms with Gasteiger partial charge in [0.05, 0.1) is 27.7 Å². The molecule has 1 unspecified atom stereocenters. The lowest BCUT2D eigenvalue weighted by molar-refractivity contribution is -0.870. The summed E-state index contributed by atoms with van der Waals surface area (Å²) in [6.07, 6.45) is 47.5. The number of quaternary nitrogens is 1. The molecule has 0 amide bonds. The molecule has 0 aromatic carbocycles. The molecule has 1 N–H and O–H groups in total. The first-order valence-corrected chi connectivity index (χ1v) is 22.5. The second kappa shape index (κ2) is 38.4. The number of unbranched alkanes of at least 4 members (excludes halogenated alkanes) is 6. The van der Waals surface area contributed by atoms with Crippen molar-refractivity contribution in [2.45, 2.75) is 129 Å². The Morgan fingerprint density at radius 1 is 0.596 bits per heavy atom. The van der Waals surface area contributed by atoms with Gasteiger partial charge in [-0.25, -0.2) is 0 Å². The van der Waals surface area contributed by atoms with Gasteiger partial charge < -0.3 is 33.0 Å². The molecule has 0 bridgehead atoms. The SMILES string of the molecule is CC/C=C\C/C=C\C/C=C\C/C=C\CCCCC(=O)OC[C@H](COP(=O)([O-])OCC[N+](C)(C)C)OC(=O)CCC/C=C\C/C=C\C/C=C\C/C=C\CCCCCO. The molecule has 324 valence electrons. The number of carbonyl (C=O) groups excluding carboxylic acids is 2. The monoisotopic (exact) mass is 818 g/mol. The van der Waals surface area contributed by atoms with Gasteiger partial charge in [0, 0.05) is 19.4 Å². The molecule has 0 saturated carbocycles. The van der Waals surface area contributed by atoms with Crippen LogP contribution in [0.4, 0.5) is 0 Å². The summed E-state index contributed by atoms with van der Waals surface area (Å²) in [5, 5.41) is 8.80. The van der Waals surface area contributed by atoms with Crippen LogP contribution in [0.5, 0.6) is 0 Å². The molecule has 0 spiro atoms. The van der Waals surface area contributed by atoms with Gasteiger partial charge in [0.2, 0.25) is 0 Å². The summed E-state index contributed by atoms with van der Waals surface area (Å²) in [6, 6.07) is 0. The lowest BCUT2D eigenvalue weighted by atomic mass is 10.2. The highest BCUT2D eigenvalue weighted by Crippen LogP contribution is 2.38. The van der Waals surface area contributed by atoms with Crippen LogP contribution < -0.4 is 4.89 Å². The molecule has 2 atom stereocenters. The van der Waals surface area contributed by atoms with Crippen LogP contribution in [0.1, 0.15) is 122 Å². The molecule has 0 aliphatic heterocycles. The van der Waals surface area contributed by atoms with E-state index < -0.39 is 32.5 Å². The zero-order chi connectivity index (χ0) is 42.1. The normalized spacial score (nSPS) is 14.6. The van der Waals surface area contributed by atoms with Gasteiger partial charge in [0.25, 0.3) is 7.82 Å². The van der Waals surface area contributed by atoms with Crippen LogP contribution in [0.2, 0.25) is 0 Å². The van der Waals surface area contributed by atoms with Gasteiger partial charge in [-0.2, -0.15) is 0 Å². The third-order valence-corrected chi connectivity index (χ3v) is 9.11. The maximum absolute atomic E-state index is 12.6. The predicted molar refractivity (Wildman–Crippen MR) is 232 cm³/mol. The molecule has 10 nitrogen and oxygen atoms in total. The number of ether oxygens (including phenoxy) is 2. The summed E-state index contributed by atoms with van der Waals surface area (Å²) in [6.45, 7) is 1.96. The number of esters is 2. The van der Waals surface area contributed by atoms with E-state index in [4.69, 9.17) is 23.6 Å². The van der Waals surface area contributed by atoms with E-state index in [2.05, 4.69) is 92.0 Å². The van der Waals surface area contributed by atoms with Gasteiger partial charge in [0.15, 0.2) is 6.10 Å². The van der Waals surface area contributed by atoms with Crippen molar-refractivity contribution in [3.63, 3.8) is 0 Å². The number of hydrogen-bond donors (Lipinski definition) is 1. The number of phosphoric ester groups is 1. The van der Waals surface area contributed by atoms with Gasteiger partial charge >= 0.3 is 11.9 Å². The topological polar surface area (TPSA) is 131 Å². The minimum Gasteiger partial charge on any atom is -0.756 e. The summed E-state index contributed by atoms with van der Waals surface area (Å²) in [7, 11) is 1.07. The number of allylic oxidation sites excluding steroid dienone is 16. The van der Waals surface area contributed by atoms with Crippen LogP contribution in [-0.4, -0.2) is 81.7 Å². The Hall–Kier alpha value is -3.11. The summed E-state index contributed by atoms with van der Waals surface area (Å²) in [4.78, 5) is 37.4. The molecule has 0 rings (SSSR count). The van der Waals surface area contributed by atoms with Crippen molar-refractivity contribution in [1.29, 1.82) is 0 Å². The number of likely N-dealkylation sites (N-methyl/N-ethyl adjacent to an activating group) is 1. The van der Waals surface area contributed by atoms with Gasteiger partial charge in [-0.1, -0.05) is 111 Å². The number of nitrogens with zero attached hydrogens (tertiary/aromatic N) is 1. The minimum absolute atomic E-state index is 0.0585. The second-order valence-electron chi connectivity index (χ2n) is 14.7. The molecule has 0 aliphatic carbocycles. The summed E-state index contributed by atoms with van der Waals surface area (Å²) >= 11 is 0. The Kier molecular flexibility index (Phi) is 36.3. The lowest BCUT2D eigenvalue weighted by Crippen LogP contribution is -2.37. The van der Waals surface area contributed by atoms with Crippen LogP contribution in [0.25, 0.3) is 0 Å². The second-order valence-corrected chi connectivity index (χ2v) is 16.1. The van der Waals surface area contributed by atoms with Gasteiger partial charge in [-0.05, 0) is 96.3 Å². The maximum Gasteiger partial charge on any atom is 0.306 e. The zero-order valence-electron chi connectivity index (χ0n) is 35.7. The molecular weight excluding hydrogens is 741 g/mol. The van der Waals surface area contributed by atoms with Crippen molar-refractivity contribution >= 4 is 19.8 Å². The molecule has 57 heavy (non-hydrogen) atoms. The predicted octanol–water partition coefficient (Wildman–Crippen LogP) is 10.1. The van der Waals surface area contributed by atoms with Gasteiger partial charge in [-0.3, -0.25) is 14.2 Å². The fourth-order valence-electron chi connectivity index (χ4n) is 4.85. The van der Waals surface area contributed by atoms with Crippen molar-refractivity contribution in [3.8, 4) is 0 Å². The third-order valence-electron chi connectivity index (χ3n) is 8.14. The average molecular weight is 818 g/mol. The fraction of sp³-hybridized carbons (Fsp3) is 0.609. The molecule has 0 aliphatic rings. The summed E-state index contributed by atoms with van der Waals surface area (Å²) in [5.41, 5.74) is 0. The first kappa shape index (κ1) is 53.9. The van der Waals surface area contributed by atoms with E-state index in [1.54, 1.807) is 0 Å². The Labute approximate surface area is 346 Å². The van der Waals surface area contributed by atoms with Crippen LogP contribution in [-0.2, 0) is 32.7 Å². The standard InChI is InChI=1S/C46H76NO9P/c1-5-6-7-8-9-10-11-12-16-19-22-25-28-31-34-37-45(49)53-42-44(43-55-57(51,52)54-41-39-47(2,3)4)56-46(50)38-35-32-29-26-23-20-17-14-13-15-18-21-24-27-30-33-36-40-48/h6-7,9-10,12-13,15-17,20-22,24-26,29,44,48H,5,8,11,14,18-19,23,27-28,30-43H2,1-4H3/b7-6-,10-9-,15-13-,16-12-,20-17-,24-21-,25-22-,29-26-/t44-/m1/s1. The highest BCUT2D eigenvalue weighted by molar-refractivity contribution is 7.45. The number of aliphatic hydroxyl groups excluding tert-OH is 1. The highest BCUT2D eigenvalue weighted by Gasteiger charge is 2.21. The van der Waals surface area contributed by atoms with Crippen LogP contribution >= 0.6 is 7.82 Å². The van der Waals surface area contributed by atoms with E-state index in [9.17, 15) is 19.0 Å². The van der Waals surface area contributed by atoms with Crippen LogP contribution in [0, 0.1) is 0 Å². The van der Waals surface area contributed by atoms with Gasteiger partial charge in [0.1, 0.15) is 19.8 Å². The first-order chi connectivity index (χ1) is 27.5. The van der Waals surface area contributed by atoms with Crippen LogP contribution in [0.3, 0.4) is 0 Å². The quantitative estimate of drug-likeness (QED) is 0.0214. The van der Waals surface area contributed by atoms with E-state index in [-0.39, 0.29) is 32.7 Å². The maximum atomic E-state index is 12.6. The summed E-state index contributed by atoms with van der Waals surface area (Å²) < 4.78 is 33.7. The van der Waals surface area contributed by atoms with Crippen molar-refractivity contribution < 1.29 is 47.2 Å². The molecule has 0 fully saturated rings. The van der Waals surface area contributed by atoms with E-state index in [1.807, 2.05) is 33.3 Å². The van der Waals surface area contributed by atoms with E-state index in [0.717, 1.165) is 83.5 Å². The minimum atomic E-state index is -4.66. The van der Waals surface area contributed by atoms with Crippen molar-refractivity contribution in [3.05, 3.63) is 97.2 Å². The number of phosphoric acid groups is 1. The third kappa shape index (κ3) is 42.3. The average Bonchev–Trinajstić information content (AvgIpc) is 3.16. The summed E-state index contributed by atoms with van der Waals surface area (Å²) in [5.74, 6) is -0.976. The van der Waals surface area contributed by atoms with Crippen molar-refractivity contribution in [1.82, 2.24) is 0 Å². The molecule has 0 radical (unpaired) electrons. The zero-order valence-corrected chi connectivity index (χ0v) is 36.6. The van der Waals surface area contributed by atoms with Crippen LogP contribution in [0.15, 0.2) is 97.2 Å². The first-order valence-electron chi connectivity index (χ1n) is 21.1. The molecule has 0 aromatic rings. The Morgan fingerprint density at radius 2 is 1.05 bits per heavy atom. The van der Waals surface area contributed by atoms with Crippen molar-refractivity contribution in [2.75, 3.05) is 54.1 Å². The number of hydrogen-bond acceptors (Lipinski definition) is 9. The number of rotatable bonds is 37. The Balaban J connectivity index is 4.57. The fourth-order valence-corrected chi connectivity index (χ4v) is 5.58. The molecule has 11 heteroatoms. The molecular formula is C46H76NO9P. The lowest BCUT2D eigenvalue weighted by Gasteiger charge is -2.28. The number of aliphatic hydroxyl groups is 1. The largest absolute Gasteiger partial charge is 0.756 e. The number of carbonyl (C=O) groups is 2. The molecule has 0 aromatic heterocycles. The highest BCUT2D eigenvalue weighted by atomic mass is 31.2. The van der Waals surface area contributed by atoms with Crippen molar-refractivity contribution in [2.24, 2.45) is 0 Å². The van der Waals surface area contributed by atoms with Gasteiger partial charge in [-0.15, -0.1) is 0 Å².